The molecule has 0 bridgehead atoms. The number of furan rings is 1. The number of thioether (sulfide) groups is 1. The fraction of sp³-hybridized carbons (Fsp3) is 0.219. The van der Waals surface area contributed by atoms with Crippen LogP contribution in [0.3, 0.4) is 0 Å². The summed E-state index contributed by atoms with van der Waals surface area (Å²) in [5.74, 6) is 1.43. The molecule has 1 N–H and O–H groups in total. The number of aromatic nitrogens is 3. The molecule has 0 saturated carbocycles. The van der Waals surface area contributed by atoms with Crippen molar-refractivity contribution in [3.63, 3.8) is 0 Å². The van der Waals surface area contributed by atoms with E-state index in [4.69, 9.17) is 19.0 Å². The molecule has 0 saturated heterocycles. The van der Waals surface area contributed by atoms with Crippen molar-refractivity contribution in [1.29, 1.82) is 0 Å². The maximum absolute atomic E-state index is 13.9. The Hall–Kier alpha value is -4.88. The zero-order valence-electron chi connectivity index (χ0n) is 24.6. The summed E-state index contributed by atoms with van der Waals surface area (Å²) < 4.78 is 18.4. The molecule has 0 spiro atoms. The Morgan fingerprint density at radius 1 is 1.02 bits per heavy atom. The van der Waals surface area contributed by atoms with Crippen LogP contribution in [0, 0.1) is 0 Å². The third-order valence-corrected chi connectivity index (χ3v) is 9.09. The number of thiophene rings is 1. The number of nitrogens with zero attached hydrogens (tertiary/aromatic N) is 5. The first-order valence-electron chi connectivity index (χ1n) is 14.1. The number of rotatable bonds is 12. The summed E-state index contributed by atoms with van der Waals surface area (Å²) in [7, 11) is 3.18. The van der Waals surface area contributed by atoms with Gasteiger partial charge in [-0.2, -0.15) is 5.10 Å². The van der Waals surface area contributed by atoms with E-state index in [1.807, 2.05) is 70.6 Å². The number of amides is 2. The molecule has 0 radical (unpaired) electrons. The Morgan fingerprint density at radius 3 is 2.62 bits per heavy atom. The van der Waals surface area contributed by atoms with E-state index in [9.17, 15) is 9.59 Å². The van der Waals surface area contributed by atoms with Crippen molar-refractivity contribution in [1.82, 2.24) is 25.1 Å². The zero-order chi connectivity index (χ0) is 31.2. The second-order valence-corrected chi connectivity index (χ2v) is 11.9. The molecule has 45 heavy (non-hydrogen) atoms. The summed E-state index contributed by atoms with van der Waals surface area (Å²) in [6.07, 6.45) is 1.98. The van der Waals surface area contributed by atoms with Crippen molar-refractivity contribution in [2.24, 2.45) is 5.10 Å². The molecule has 1 aliphatic rings. The fourth-order valence-electron chi connectivity index (χ4n) is 5.08. The number of hydrogen-bond donors (Lipinski definition) is 1. The molecule has 2 aromatic carbocycles. The van der Waals surface area contributed by atoms with Crippen LogP contribution in [0.4, 0.5) is 0 Å². The second-order valence-electron chi connectivity index (χ2n) is 9.98. The normalized spacial score (nSPS) is 14.3. The molecular formula is C32H30N6O5S2. The van der Waals surface area contributed by atoms with Gasteiger partial charge in [0, 0.05) is 12.0 Å². The number of carbonyl (C=O) groups is 2. The van der Waals surface area contributed by atoms with Crippen molar-refractivity contribution in [3.05, 3.63) is 112 Å². The van der Waals surface area contributed by atoms with Crippen LogP contribution in [-0.4, -0.2) is 57.3 Å². The van der Waals surface area contributed by atoms with E-state index in [1.54, 1.807) is 42.7 Å². The molecule has 2 amide bonds. The Kier molecular flexibility index (Phi) is 9.27. The molecule has 3 aromatic heterocycles. The number of para-hydroxylation sites is 1. The molecule has 5 aromatic rings. The molecular weight excluding hydrogens is 613 g/mol. The van der Waals surface area contributed by atoms with E-state index in [-0.39, 0.29) is 35.9 Å². The number of hydrazone groups is 1. The smallest absolute Gasteiger partial charge is 0.287 e. The molecule has 0 aliphatic carbocycles. The van der Waals surface area contributed by atoms with Crippen molar-refractivity contribution in [2.45, 2.75) is 30.7 Å². The second kappa shape index (κ2) is 13.8. The Balaban J connectivity index is 1.24. The van der Waals surface area contributed by atoms with Crippen LogP contribution in [0.15, 0.2) is 99.1 Å². The predicted molar refractivity (Wildman–Crippen MR) is 171 cm³/mol. The van der Waals surface area contributed by atoms with Gasteiger partial charge in [-0.1, -0.05) is 60.3 Å². The first-order chi connectivity index (χ1) is 22.1. The third-order valence-electron chi connectivity index (χ3n) is 7.22. The van der Waals surface area contributed by atoms with Gasteiger partial charge in [-0.3, -0.25) is 9.59 Å². The lowest BCUT2D eigenvalue weighted by atomic mass is 9.99. The molecule has 1 atom stereocenters. The maximum Gasteiger partial charge on any atom is 0.287 e. The largest absolute Gasteiger partial charge is 0.493 e. The third kappa shape index (κ3) is 6.64. The van der Waals surface area contributed by atoms with Gasteiger partial charge in [0.2, 0.25) is 0 Å². The quantitative estimate of drug-likeness (QED) is 0.180. The van der Waals surface area contributed by atoms with Gasteiger partial charge < -0.3 is 23.8 Å². The molecule has 4 heterocycles. The van der Waals surface area contributed by atoms with Crippen LogP contribution in [0.5, 0.6) is 11.5 Å². The van der Waals surface area contributed by atoms with E-state index >= 15 is 0 Å². The summed E-state index contributed by atoms with van der Waals surface area (Å²) in [5.41, 5.74) is 2.67. The van der Waals surface area contributed by atoms with Crippen LogP contribution >= 0.6 is 23.1 Å². The predicted octanol–water partition coefficient (Wildman–Crippen LogP) is 5.40. The number of carbonyl (C=O) groups excluding carboxylic acids is 2. The Labute approximate surface area is 267 Å². The number of benzene rings is 2. The molecule has 11 nitrogen and oxygen atoms in total. The summed E-state index contributed by atoms with van der Waals surface area (Å²) in [4.78, 5) is 27.4. The van der Waals surface area contributed by atoms with Crippen molar-refractivity contribution in [3.8, 4) is 11.5 Å². The average molecular weight is 643 g/mol. The van der Waals surface area contributed by atoms with E-state index in [0.717, 1.165) is 21.7 Å². The summed E-state index contributed by atoms with van der Waals surface area (Å²) >= 11 is 2.85. The summed E-state index contributed by atoms with van der Waals surface area (Å²) in [5, 5.41) is 20.5. The minimum Gasteiger partial charge on any atom is -0.493 e. The van der Waals surface area contributed by atoms with Gasteiger partial charge in [0.25, 0.3) is 11.8 Å². The lowest BCUT2D eigenvalue weighted by Gasteiger charge is -2.24. The van der Waals surface area contributed by atoms with Gasteiger partial charge in [-0.05, 0) is 35.2 Å². The van der Waals surface area contributed by atoms with Crippen molar-refractivity contribution in [2.75, 3.05) is 20.0 Å². The average Bonchev–Trinajstić information content (AvgIpc) is 3.90. The molecule has 0 fully saturated rings. The van der Waals surface area contributed by atoms with Gasteiger partial charge in [-0.25, -0.2) is 5.01 Å². The van der Waals surface area contributed by atoms with Crippen LogP contribution in [0.1, 0.15) is 44.8 Å². The van der Waals surface area contributed by atoms with Gasteiger partial charge in [0.05, 0.1) is 56.0 Å². The van der Waals surface area contributed by atoms with E-state index in [2.05, 4.69) is 15.5 Å². The van der Waals surface area contributed by atoms with E-state index in [1.165, 1.54) is 18.0 Å². The highest BCUT2D eigenvalue weighted by Crippen LogP contribution is 2.42. The van der Waals surface area contributed by atoms with E-state index in [0.29, 0.717) is 35.4 Å². The highest BCUT2D eigenvalue weighted by atomic mass is 32.2. The molecule has 13 heteroatoms. The van der Waals surface area contributed by atoms with Gasteiger partial charge >= 0.3 is 0 Å². The zero-order valence-corrected chi connectivity index (χ0v) is 26.2. The number of hydrogen-bond acceptors (Lipinski definition) is 10. The summed E-state index contributed by atoms with van der Waals surface area (Å²) in [6.45, 7) is 0.594. The van der Waals surface area contributed by atoms with Crippen LogP contribution in [0.2, 0.25) is 0 Å². The topological polar surface area (TPSA) is 124 Å². The first kappa shape index (κ1) is 30.2. The molecule has 6 rings (SSSR count). The fourth-order valence-corrected chi connectivity index (χ4v) is 6.61. The van der Waals surface area contributed by atoms with Gasteiger partial charge in [0.1, 0.15) is 0 Å². The van der Waals surface area contributed by atoms with Gasteiger partial charge in [-0.15, -0.1) is 21.5 Å². The molecule has 1 unspecified atom stereocenters. The number of methoxy groups -OCH3 is 2. The number of nitrogens with one attached hydrogen (secondary N) is 1. The highest BCUT2D eigenvalue weighted by Gasteiger charge is 2.36. The minimum atomic E-state index is -0.380. The monoisotopic (exact) mass is 642 g/mol. The van der Waals surface area contributed by atoms with Crippen LogP contribution in [-0.2, 0) is 17.9 Å². The lowest BCUT2D eigenvalue weighted by molar-refractivity contribution is -0.130. The SMILES string of the molecule is COc1cccc(C2CC(c3cccs3)=NN2C(=O)CSc2nnc(CNC(=O)c3ccco3)n2Cc2ccccc2)c1OC. The van der Waals surface area contributed by atoms with Crippen LogP contribution < -0.4 is 14.8 Å². The Bertz CT molecular complexity index is 1790. The summed E-state index contributed by atoms with van der Waals surface area (Å²) in [6, 6.07) is 22.4. The van der Waals surface area contributed by atoms with Crippen molar-refractivity contribution < 1.29 is 23.5 Å². The van der Waals surface area contributed by atoms with Gasteiger partial charge in [0.15, 0.2) is 28.2 Å². The molecule has 1 aliphatic heterocycles. The lowest BCUT2D eigenvalue weighted by Crippen LogP contribution is -2.29. The highest BCUT2D eigenvalue weighted by molar-refractivity contribution is 7.99. The van der Waals surface area contributed by atoms with E-state index < -0.39 is 0 Å². The standard InChI is InChI=1S/C32H30N6O5S2/c1-41-25-12-6-11-22(30(25)42-2)24-17-23(27-14-8-16-44-27)36-38(24)29(39)20-45-32-35-34-28(18-33-31(40)26-13-7-15-43-26)37(32)19-21-9-4-3-5-10-21/h3-16,24H,17-20H2,1-2H3,(H,33,40). The number of ether oxygens (including phenoxy) is 2. The maximum atomic E-state index is 13.9. The van der Waals surface area contributed by atoms with Crippen molar-refractivity contribution >= 4 is 40.6 Å². The molecule has 230 valence electrons. The Morgan fingerprint density at radius 2 is 1.89 bits per heavy atom. The first-order valence-corrected chi connectivity index (χ1v) is 16.0. The van der Waals surface area contributed by atoms with Crippen LogP contribution in [0.25, 0.3) is 0 Å². The minimum absolute atomic E-state index is 0.0652.